The number of methoxy groups -OCH3 is 1. The summed E-state index contributed by atoms with van der Waals surface area (Å²) >= 11 is 0. The number of fused-ring (bicyclic) bond motifs is 2. The van der Waals surface area contributed by atoms with Gasteiger partial charge in [0.2, 0.25) is 5.91 Å². The van der Waals surface area contributed by atoms with Crippen LogP contribution in [0.3, 0.4) is 0 Å². The number of aryl methyl sites for hydroxylation is 1. The molecule has 1 aliphatic heterocycles. The third-order valence-corrected chi connectivity index (χ3v) is 12.5. The van der Waals surface area contributed by atoms with Crippen molar-refractivity contribution in [2.45, 2.75) is 84.2 Å². The smallest absolute Gasteiger partial charge is 0.251 e. The van der Waals surface area contributed by atoms with Gasteiger partial charge in [-0.25, -0.2) is 0 Å². The number of carbonyl (C=O) groups excluding carboxylic acids is 2. The number of carbonyl (C=O) groups is 2. The Kier molecular flexibility index (Phi) is 11.8. The lowest BCUT2D eigenvalue weighted by molar-refractivity contribution is -0.183. The standard InChI is InChI=1S/C43H58N4O6/c1-26-35-22-32(43(35,3)4)23-36(26)45-42(51)39-38(27(2)49)37(25-48)53-47(39)24-29-16-11-17-34(40(29)52-7)30-19-31(21-33(20-30)46(5)6)41(50)44-18-12-15-28-13-9-8-10-14-28/h8-11,13-14,16-17,19-21,26-27,32,35-39,48-49H,12,15,18,22-25H2,1-7H3,(H,44,50)(H,45,51)/t26-,27-,32-,35+,36-,37-,38+,39-/m0/s1. The van der Waals surface area contributed by atoms with Crippen molar-refractivity contribution in [2.24, 2.45) is 29.1 Å². The molecule has 1 heterocycles. The molecule has 2 bridgehead atoms. The van der Waals surface area contributed by atoms with Gasteiger partial charge in [-0.15, -0.1) is 0 Å². The Hall–Kier alpha value is -3.96. The predicted octanol–water partition coefficient (Wildman–Crippen LogP) is 5.45. The molecule has 4 aliphatic rings. The minimum Gasteiger partial charge on any atom is -0.496 e. The summed E-state index contributed by atoms with van der Waals surface area (Å²) < 4.78 is 6.06. The van der Waals surface area contributed by atoms with Crippen LogP contribution in [-0.2, 0) is 22.6 Å². The average molecular weight is 727 g/mol. The van der Waals surface area contributed by atoms with Gasteiger partial charge in [-0.05, 0) is 85.1 Å². The van der Waals surface area contributed by atoms with E-state index in [0.29, 0.717) is 35.6 Å². The van der Waals surface area contributed by atoms with Gasteiger partial charge in [-0.2, -0.15) is 5.06 Å². The molecule has 4 N–H and O–H groups in total. The highest BCUT2D eigenvalue weighted by atomic mass is 16.7. The van der Waals surface area contributed by atoms with Crippen LogP contribution in [0.4, 0.5) is 5.69 Å². The van der Waals surface area contributed by atoms with E-state index in [1.165, 1.54) is 12.0 Å². The van der Waals surface area contributed by atoms with Crippen molar-refractivity contribution in [1.82, 2.24) is 15.7 Å². The summed E-state index contributed by atoms with van der Waals surface area (Å²) in [6.45, 7) is 8.96. The molecule has 0 aromatic heterocycles. The second-order valence-electron chi connectivity index (χ2n) is 16.2. The zero-order valence-electron chi connectivity index (χ0n) is 32.3. The lowest BCUT2D eigenvalue weighted by Gasteiger charge is -2.62. The number of hydroxylamine groups is 2. The maximum Gasteiger partial charge on any atom is 0.251 e. The number of hydrogen-bond acceptors (Lipinski definition) is 8. The van der Waals surface area contributed by atoms with Gasteiger partial charge in [-0.3, -0.25) is 14.4 Å². The first kappa shape index (κ1) is 38.8. The lowest BCUT2D eigenvalue weighted by atomic mass is 9.45. The van der Waals surface area contributed by atoms with E-state index in [1.807, 2.05) is 73.6 Å². The molecular formula is C43H58N4O6. The Morgan fingerprint density at radius 1 is 1.08 bits per heavy atom. The van der Waals surface area contributed by atoms with E-state index in [4.69, 9.17) is 9.57 Å². The number of rotatable bonds is 14. The highest BCUT2D eigenvalue weighted by Gasteiger charge is 2.57. The van der Waals surface area contributed by atoms with Gasteiger partial charge in [0.25, 0.3) is 5.91 Å². The maximum atomic E-state index is 14.2. The molecule has 10 heteroatoms. The molecule has 286 valence electrons. The molecule has 0 unspecified atom stereocenters. The Labute approximate surface area is 314 Å². The van der Waals surface area contributed by atoms with Crippen LogP contribution in [0.2, 0.25) is 0 Å². The van der Waals surface area contributed by atoms with Gasteiger partial charge in [0.1, 0.15) is 17.9 Å². The van der Waals surface area contributed by atoms with Gasteiger partial charge in [-0.1, -0.05) is 69.3 Å². The van der Waals surface area contributed by atoms with Crippen LogP contribution < -0.4 is 20.3 Å². The summed E-state index contributed by atoms with van der Waals surface area (Å²) in [7, 11) is 5.50. The Morgan fingerprint density at radius 3 is 2.47 bits per heavy atom. The number of anilines is 1. The van der Waals surface area contributed by atoms with Crippen LogP contribution in [0.5, 0.6) is 5.75 Å². The third-order valence-electron chi connectivity index (χ3n) is 12.5. The van der Waals surface area contributed by atoms with E-state index in [1.54, 1.807) is 19.1 Å². The maximum absolute atomic E-state index is 14.2. The van der Waals surface area contributed by atoms with Crippen LogP contribution in [0.1, 0.15) is 68.4 Å². The molecule has 3 aromatic rings. The number of amides is 2. The fraction of sp³-hybridized carbons (Fsp3) is 0.535. The zero-order valence-corrected chi connectivity index (χ0v) is 32.3. The third kappa shape index (κ3) is 7.97. The molecule has 7 rings (SSSR count). The Morgan fingerprint density at radius 2 is 1.83 bits per heavy atom. The molecule has 4 fully saturated rings. The molecule has 1 saturated heterocycles. The van der Waals surface area contributed by atoms with Crippen molar-refractivity contribution in [1.29, 1.82) is 0 Å². The van der Waals surface area contributed by atoms with Crippen molar-refractivity contribution in [3.63, 3.8) is 0 Å². The Balaban J connectivity index is 1.24. The largest absolute Gasteiger partial charge is 0.496 e. The molecular weight excluding hydrogens is 668 g/mol. The predicted molar refractivity (Wildman–Crippen MR) is 207 cm³/mol. The first-order valence-electron chi connectivity index (χ1n) is 19.2. The summed E-state index contributed by atoms with van der Waals surface area (Å²) in [5.74, 6) is 1.08. The van der Waals surface area contributed by atoms with Gasteiger partial charge in [0, 0.05) is 55.0 Å². The summed E-state index contributed by atoms with van der Waals surface area (Å²) in [5.41, 5.74) is 5.30. The van der Waals surface area contributed by atoms with Crippen LogP contribution in [0.25, 0.3) is 11.1 Å². The fourth-order valence-electron chi connectivity index (χ4n) is 9.23. The molecule has 3 aromatic carbocycles. The second kappa shape index (κ2) is 16.2. The number of nitrogens with one attached hydrogen (secondary N) is 2. The number of aliphatic hydroxyl groups is 2. The van der Waals surface area contributed by atoms with Crippen LogP contribution in [0, 0.1) is 29.1 Å². The number of para-hydroxylation sites is 1. The SMILES string of the molecule is COc1c(CN2O[C@@H](CO)[C@@H]([C@H](C)O)[C@H]2C(=O)N[C@H]2C[C@@H]3C[C@H]([C@@H]2C)C3(C)C)cccc1-c1cc(C(=O)NCCCc2ccccc2)cc(N(C)C)c1. The van der Waals surface area contributed by atoms with Crippen molar-refractivity contribution >= 4 is 17.5 Å². The van der Waals surface area contributed by atoms with Crippen LogP contribution in [0.15, 0.2) is 66.7 Å². The van der Waals surface area contributed by atoms with Crippen LogP contribution in [-0.4, -0.2) is 85.7 Å². The number of hydrogen-bond donors (Lipinski definition) is 4. The summed E-state index contributed by atoms with van der Waals surface area (Å²) in [5, 5.41) is 29.3. The van der Waals surface area contributed by atoms with Crippen molar-refractivity contribution in [2.75, 3.05) is 39.3 Å². The minimum absolute atomic E-state index is 0.0426. The summed E-state index contributed by atoms with van der Waals surface area (Å²) in [6, 6.07) is 21.1. The topological polar surface area (TPSA) is 124 Å². The van der Waals surface area contributed by atoms with Gasteiger partial charge < -0.3 is 30.5 Å². The molecule has 53 heavy (non-hydrogen) atoms. The van der Waals surface area contributed by atoms with Crippen LogP contribution >= 0.6 is 0 Å². The van der Waals surface area contributed by atoms with E-state index in [2.05, 4.69) is 43.5 Å². The number of benzene rings is 3. The average Bonchev–Trinajstić information content (AvgIpc) is 3.52. The quantitative estimate of drug-likeness (QED) is 0.162. The Bertz CT molecular complexity index is 1750. The number of ether oxygens (including phenoxy) is 1. The van der Waals surface area contributed by atoms with Crippen molar-refractivity contribution < 1.29 is 29.4 Å². The fourth-order valence-corrected chi connectivity index (χ4v) is 9.23. The minimum atomic E-state index is -0.895. The van der Waals surface area contributed by atoms with E-state index in [-0.39, 0.29) is 36.4 Å². The molecule has 3 aliphatic carbocycles. The normalized spacial score (nSPS) is 26.7. The van der Waals surface area contributed by atoms with E-state index in [0.717, 1.165) is 41.6 Å². The first-order chi connectivity index (χ1) is 25.3. The molecule has 0 spiro atoms. The molecule has 8 atom stereocenters. The summed E-state index contributed by atoms with van der Waals surface area (Å²) in [4.78, 5) is 35.9. The number of nitrogens with zero attached hydrogens (tertiary/aromatic N) is 2. The van der Waals surface area contributed by atoms with Gasteiger partial charge >= 0.3 is 0 Å². The monoisotopic (exact) mass is 726 g/mol. The molecule has 2 amide bonds. The van der Waals surface area contributed by atoms with Gasteiger partial charge in [0.15, 0.2) is 0 Å². The van der Waals surface area contributed by atoms with E-state index >= 15 is 0 Å². The van der Waals surface area contributed by atoms with Crippen molar-refractivity contribution in [3.05, 3.63) is 83.4 Å². The highest BCUT2D eigenvalue weighted by Crippen LogP contribution is 2.61. The van der Waals surface area contributed by atoms with Crippen molar-refractivity contribution in [3.8, 4) is 16.9 Å². The molecule has 10 nitrogen and oxygen atoms in total. The van der Waals surface area contributed by atoms with E-state index < -0.39 is 24.2 Å². The molecule has 3 saturated carbocycles. The highest BCUT2D eigenvalue weighted by molar-refractivity contribution is 5.97. The summed E-state index contributed by atoms with van der Waals surface area (Å²) in [6.07, 6.45) is 2.21. The molecule has 0 radical (unpaired) electrons. The first-order valence-corrected chi connectivity index (χ1v) is 19.2. The lowest BCUT2D eigenvalue weighted by Crippen LogP contribution is -2.62. The second-order valence-corrected chi connectivity index (χ2v) is 16.2. The van der Waals surface area contributed by atoms with E-state index in [9.17, 15) is 19.8 Å². The zero-order chi connectivity index (χ0) is 38.0. The van der Waals surface area contributed by atoms with Gasteiger partial charge in [0.05, 0.1) is 26.4 Å². The number of aliphatic hydroxyl groups excluding tert-OH is 2.